The van der Waals surface area contributed by atoms with Gasteiger partial charge in [-0.3, -0.25) is 4.79 Å². The lowest BCUT2D eigenvalue weighted by Gasteiger charge is -2.04. The molecule has 7 heteroatoms. The van der Waals surface area contributed by atoms with Crippen LogP contribution in [0.4, 0.5) is 13.2 Å². The number of carbonyl (C=O) groups is 1. The standard InChI is InChI=1S/C16H8BrF3N2O/c17-16-11(8-23)15(10-3-1-2-4-12(10)19)21-22(16)14-6-5-9(18)7-13(14)20/h1-8H. The Balaban J connectivity index is 2.25. The zero-order valence-electron chi connectivity index (χ0n) is 11.4. The summed E-state index contributed by atoms with van der Waals surface area (Å²) in [4.78, 5) is 11.4. The van der Waals surface area contributed by atoms with E-state index in [1.54, 1.807) is 6.07 Å². The number of aromatic nitrogens is 2. The monoisotopic (exact) mass is 380 g/mol. The zero-order valence-corrected chi connectivity index (χ0v) is 13.0. The third-order valence-electron chi connectivity index (χ3n) is 3.25. The highest BCUT2D eigenvalue weighted by Crippen LogP contribution is 2.31. The van der Waals surface area contributed by atoms with Gasteiger partial charge in [0.25, 0.3) is 0 Å². The quantitative estimate of drug-likeness (QED) is 0.625. The summed E-state index contributed by atoms with van der Waals surface area (Å²) in [6.45, 7) is 0. The molecular formula is C16H8BrF3N2O. The maximum Gasteiger partial charge on any atom is 0.155 e. The van der Waals surface area contributed by atoms with E-state index in [0.29, 0.717) is 12.4 Å². The van der Waals surface area contributed by atoms with Crippen molar-refractivity contribution in [1.82, 2.24) is 9.78 Å². The maximum atomic E-state index is 14.0. The summed E-state index contributed by atoms with van der Waals surface area (Å²) in [5.41, 5.74) is 0.174. The van der Waals surface area contributed by atoms with Crippen LogP contribution in [-0.4, -0.2) is 16.1 Å². The van der Waals surface area contributed by atoms with E-state index in [1.165, 1.54) is 24.3 Å². The Labute approximate surface area is 137 Å². The molecule has 3 aromatic rings. The van der Waals surface area contributed by atoms with E-state index in [0.717, 1.165) is 10.7 Å². The molecule has 0 unspecified atom stereocenters. The van der Waals surface area contributed by atoms with E-state index in [4.69, 9.17) is 0 Å². The summed E-state index contributed by atoms with van der Waals surface area (Å²) in [6.07, 6.45) is 0.497. The second-order valence-corrected chi connectivity index (χ2v) is 5.41. The Morgan fingerprint density at radius 2 is 1.78 bits per heavy atom. The molecule has 23 heavy (non-hydrogen) atoms. The predicted molar refractivity (Wildman–Crippen MR) is 82.0 cm³/mol. The third kappa shape index (κ3) is 2.68. The molecule has 0 aliphatic carbocycles. The lowest BCUT2D eigenvalue weighted by atomic mass is 10.1. The smallest absolute Gasteiger partial charge is 0.155 e. The van der Waals surface area contributed by atoms with Gasteiger partial charge in [0.2, 0.25) is 0 Å². The van der Waals surface area contributed by atoms with E-state index in [-0.39, 0.29) is 27.1 Å². The highest BCUT2D eigenvalue weighted by atomic mass is 79.9. The van der Waals surface area contributed by atoms with Gasteiger partial charge in [0.15, 0.2) is 12.1 Å². The van der Waals surface area contributed by atoms with Crippen molar-refractivity contribution in [2.24, 2.45) is 0 Å². The minimum absolute atomic E-state index is 0.0636. The molecule has 0 fully saturated rings. The molecule has 0 radical (unpaired) electrons. The van der Waals surface area contributed by atoms with Crippen LogP contribution in [0.1, 0.15) is 10.4 Å². The maximum absolute atomic E-state index is 14.0. The number of aldehydes is 1. The zero-order chi connectivity index (χ0) is 16.6. The largest absolute Gasteiger partial charge is 0.298 e. The molecule has 0 aliphatic heterocycles. The second kappa shape index (κ2) is 6.00. The van der Waals surface area contributed by atoms with Gasteiger partial charge in [0, 0.05) is 11.6 Å². The van der Waals surface area contributed by atoms with E-state index < -0.39 is 17.5 Å². The van der Waals surface area contributed by atoms with Gasteiger partial charge in [-0.1, -0.05) is 12.1 Å². The summed E-state index contributed by atoms with van der Waals surface area (Å²) in [7, 11) is 0. The van der Waals surface area contributed by atoms with Crippen LogP contribution >= 0.6 is 15.9 Å². The molecule has 3 nitrogen and oxygen atoms in total. The van der Waals surface area contributed by atoms with Crippen molar-refractivity contribution in [2.45, 2.75) is 0 Å². The molecule has 0 aliphatic rings. The average molecular weight is 381 g/mol. The molecule has 0 saturated heterocycles. The Morgan fingerprint density at radius 1 is 1.04 bits per heavy atom. The number of halogens is 4. The van der Waals surface area contributed by atoms with Gasteiger partial charge in [0.05, 0.1) is 5.56 Å². The van der Waals surface area contributed by atoms with Gasteiger partial charge in [-0.2, -0.15) is 5.10 Å². The molecule has 0 bridgehead atoms. The first kappa shape index (κ1) is 15.5. The molecule has 0 amide bonds. The van der Waals surface area contributed by atoms with Crippen LogP contribution in [0.3, 0.4) is 0 Å². The van der Waals surface area contributed by atoms with Crippen molar-refractivity contribution in [3.63, 3.8) is 0 Å². The fraction of sp³-hybridized carbons (Fsp3) is 0. The average Bonchev–Trinajstić information content (AvgIpc) is 2.84. The molecule has 0 saturated carbocycles. The van der Waals surface area contributed by atoms with E-state index in [9.17, 15) is 18.0 Å². The first-order valence-corrected chi connectivity index (χ1v) is 7.26. The SMILES string of the molecule is O=Cc1c(-c2ccccc2F)nn(-c2ccc(F)cc2F)c1Br. The molecular weight excluding hydrogens is 373 g/mol. The van der Waals surface area contributed by atoms with Crippen LogP contribution in [0.25, 0.3) is 16.9 Å². The van der Waals surface area contributed by atoms with Crippen LogP contribution in [0.2, 0.25) is 0 Å². The molecule has 0 N–H and O–H groups in total. The summed E-state index contributed by atoms with van der Waals surface area (Å²) < 4.78 is 42.2. The van der Waals surface area contributed by atoms with Crippen molar-refractivity contribution in [1.29, 1.82) is 0 Å². The third-order valence-corrected chi connectivity index (χ3v) is 4.01. The van der Waals surface area contributed by atoms with Crippen molar-refractivity contribution in [2.75, 3.05) is 0 Å². The Morgan fingerprint density at radius 3 is 2.43 bits per heavy atom. The molecule has 0 atom stereocenters. The van der Waals surface area contributed by atoms with Crippen molar-refractivity contribution >= 4 is 22.2 Å². The molecule has 116 valence electrons. The van der Waals surface area contributed by atoms with Crippen molar-refractivity contribution < 1.29 is 18.0 Å². The van der Waals surface area contributed by atoms with Crippen LogP contribution in [0.5, 0.6) is 0 Å². The van der Waals surface area contributed by atoms with Gasteiger partial charge >= 0.3 is 0 Å². The summed E-state index contributed by atoms with van der Waals surface area (Å²) in [5.74, 6) is -2.16. The number of rotatable bonds is 3. The number of benzene rings is 2. The number of hydrogen-bond donors (Lipinski definition) is 0. The van der Waals surface area contributed by atoms with Crippen LogP contribution in [0, 0.1) is 17.5 Å². The fourth-order valence-corrected chi connectivity index (χ4v) is 2.73. The van der Waals surface area contributed by atoms with Crippen molar-refractivity contribution in [3.05, 3.63) is 70.1 Å². The van der Waals surface area contributed by atoms with Gasteiger partial charge in [-0.25, -0.2) is 17.9 Å². The van der Waals surface area contributed by atoms with Crippen LogP contribution in [0.15, 0.2) is 47.1 Å². The van der Waals surface area contributed by atoms with Gasteiger partial charge in [-0.05, 0) is 40.2 Å². The van der Waals surface area contributed by atoms with E-state index in [1.807, 2.05) is 0 Å². The van der Waals surface area contributed by atoms with Crippen molar-refractivity contribution in [3.8, 4) is 16.9 Å². The molecule has 1 aromatic heterocycles. The van der Waals surface area contributed by atoms with Gasteiger partial charge < -0.3 is 0 Å². The summed E-state index contributed by atoms with van der Waals surface area (Å²) in [6, 6.07) is 8.74. The Hall–Kier alpha value is -2.41. The Kier molecular flexibility index (Phi) is 4.04. The minimum Gasteiger partial charge on any atom is -0.298 e. The second-order valence-electron chi connectivity index (χ2n) is 4.66. The first-order chi connectivity index (χ1) is 11.0. The topological polar surface area (TPSA) is 34.9 Å². The van der Waals surface area contributed by atoms with Crippen LogP contribution in [-0.2, 0) is 0 Å². The molecule has 0 spiro atoms. The van der Waals surface area contributed by atoms with E-state index >= 15 is 0 Å². The Bertz CT molecular complexity index is 908. The lowest BCUT2D eigenvalue weighted by molar-refractivity contribution is 0.112. The minimum atomic E-state index is -0.856. The molecule has 1 heterocycles. The van der Waals surface area contributed by atoms with Gasteiger partial charge in [-0.15, -0.1) is 0 Å². The highest BCUT2D eigenvalue weighted by Gasteiger charge is 2.21. The number of hydrogen-bond acceptors (Lipinski definition) is 2. The first-order valence-electron chi connectivity index (χ1n) is 6.47. The highest BCUT2D eigenvalue weighted by molar-refractivity contribution is 9.10. The predicted octanol–water partition coefficient (Wildman–Crippen LogP) is 4.53. The molecule has 3 rings (SSSR count). The van der Waals surface area contributed by atoms with Crippen LogP contribution < -0.4 is 0 Å². The fourth-order valence-electron chi connectivity index (χ4n) is 2.18. The van der Waals surface area contributed by atoms with Gasteiger partial charge in [0.1, 0.15) is 27.6 Å². The number of carbonyl (C=O) groups excluding carboxylic acids is 1. The summed E-state index contributed by atoms with van der Waals surface area (Å²) >= 11 is 3.16. The van der Waals surface area contributed by atoms with E-state index in [2.05, 4.69) is 21.0 Å². The normalized spacial score (nSPS) is 10.8. The molecule has 2 aromatic carbocycles. The number of nitrogens with zero attached hydrogens (tertiary/aromatic N) is 2. The lowest BCUT2D eigenvalue weighted by Crippen LogP contribution is -2.01. The summed E-state index contributed by atoms with van der Waals surface area (Å²) in [5, 5.41) is 4.11.